The lowest BCUT2D eigenvalue weighted by atomic mass is 9.85. The Morgan fingerprint density at radius 3 is 2.14 bits per heavy atom. The van der Waals surface area contributed by atoms with Crippen LogP contribution in [-0.2, 0) is 16.8 Å². The molecule has 1 amide bonds. The van der Waals surface area contributed by atoms with Gasteiger partial charge in [-0.3, -0.25) is 9.69 Å². The molecule has 0 aromatic heterocycles. The SMILES string of the molecule is O=C1N(C(c2ccccc2)c2ccccc2)c2ccccc2C1(O)c1cc2c(cc1O)OCCC2. The molecule has 4 aromatic rings. The molecule has 0 spiro atoms. The van der Waals surface area contributed by atoms with Crippen LogP contribution < -0.4 is 9.64 Å². The minimum absolute atomic E-state index is 0.158. The number of benzene rings is 4. The summed E-state index contributed by atoms with van der Waals surface area (Å²) >= 11 is 0. The minimum Gasteiger partial charge on any atom is -0.507 e. The van der Waals surface area contributed by atoms with Gasteiger partial charge >= 0.3 is 0 Å². The number of carbonyl (C=O) groups is 1. The van der Waals surface area contributed by atoms with Gasteiger partial charge in [-0.25, -0.2) is 0 Å². The third kappa shape index (κ3) is 3.31. The number of hydrogen-bond donors (Lipinski definition) is 2. The van der Waals surface area contributed by atoms with E-state index in [2.05, 4.69) is 0 Å². The Labute approximate surface area is 203 Å². The highest BCUT2D eigenvalue weighted by atomic mass is 16.5. The summed E-state index contributed by atoms with van der Waals surface area (Å²) in [6.45, 7) is 0.585. The van der Waals surface area contributed by atoms with Crippen LogP contribution in [0.1, 0.15) is 40.3 Å². The highest BCUT2D eigenvalue weighted by Crippen LogP contribution is 2.51. The molecule has 0 fully saturated rings. The average Bonchev–Trinajstić information content (AvgIpc) is 3.13. The van der Waals surface area contributed by atoms with Crippen molar-refractivity contribution in [1.29, 1.82) is 0 Å². The number of carbonyl (C=O) groups excluding carboxylic acids is 1. The number of fused-ring (bicyclic) bond motifs is 2. The Balaban J connectivity index is 1.56. The number of nitrogens with zero attached hydrogens (tertiary/aromatic N) is 1. The molecule has 2 aliphatic rings. The Morgan fingerprint density at radius 1 is 0.829 bits per heavy atom. The van der Waals surface area contributed by atoms with E-state index in [9.17, 15) is 15.0 Å². The van der Waals surface area contributed by atoms with Gasteiger partial charge in [0.1, 0.15) is 11.5 Å². The molecule has 2 heterocycles. The Bertz CT molecular complexity index is 1360. The van der Waals surface area contributed by atoms with Crippen LogP contribution in [0.4, 0.5) is 5.69 Å². The van der Waals surface area contributed by atoms with Gasteiger partial charge in [0.2, 0.25) is 0 Å². The van der Waals surface area contributed by atoms with Crippen LogP contribution in [0.3, 0.4) is 0 Å². The number of hydrogen-bond acceptors (Lipinski definition) is 4. The number of ether oxygens (including phenoxy) is 1. The molecule has 5 heteroatoms. The lowest BCUT2D eigenvalue weighted by molar-refractivity contribution is -0.132. The molecule has 5 nitrogen and oxygen atoms in total. The van der Waals surface area contributed by atoms with Gasteiger partial charge in [0.25, 0.3) is 5.91 Å². The van der Waals surface area contributed by atoms with Gasteiger partial charge in [-0.2, -0.15) is 0 Å². The van der Waals surface area contributed by atoms with E-state index >= 15 is 0 Å². The standard InChI is InChI=1S/C30H25NO4/c32-26-19-27-22(14-9-17-35-27)18-24(26)30(34)23-15-7-8-16-25(23)31(29(30)33)28(20-10-3-1-4-11-20)21-12-5-2-6-13-21/h1-8,10-13,15-16,18-19,28,32,34H,9,14,17H2. The second kappa shape index (κ2) is 8.29. The van der Waals surface area contributed by atoms with Gasteiger partial charge in [0.05, 0.1) is 18.3 Å². The Hall–Kier alpha value is -4.09. The number of anilines is 1. The maximum atomic E-state index is 14.3. The first-order chi connectivity index (χ1) is 17.1. The molecular formula is C30H25NO4. The van der Waals surface area contributed by atoms with Gasteiger partial charge < -0.3 is 14.9 Å². The number of phenols is 1. The smallest absolute Gasteiger partial charge is 0.269 e. The van der Waals surface area contributed by atoms with Crippen molar-refractivity contribution < 1.29 is 19.7 Å². The summed E-state index contributed by atoms with van der Waals surface area (Å²) < 4.78 is 5.69. The number of aryl methyl sites for hydroxylation is 1. The minimum atomic E-state index is -2.03. The van der Waals surface area contributed by atoms with Crippen LogP contribution in [-0.4, -0.2) is 22.7 Å². The van der Waals surface area contributed by atoms with Crippen LogP contribution in [0, 0.1) is 0 Å². The van der Waals surface area contributed by atoms with E-state index in [0.29, 0.717) is 23.6 Å². The van der Waals surface area contributed by atoms with E-state index in [1.807, 2.05) is 72.8 Å². The zero-order valence-corrected chi connectivity index (χ0v) is 19.1. The number of amides is 1. The number of aliphatic hydroxyl groups is 1. The molecule has 174 valence electrons. The van der Waals surface area contributed by atoms with Gasteiger partial charge in [-0.05, 0) is 41.7 Å². The second-order valence-electron chi connectivity index (χ2n) is 9.06. The maximum Gasteiger partial charge on any atom is 0.269 e. The maximum absolute atomic E-state index is 14.3. The fraction of sp³-hybridized carbons (Fsp3) is 0.167. The van der Waals surface area contributed by atoms with E-state index < -0.39 is 17.6 Å². The lowest BCUT2D eigenvalue weighted by Gasteiger charge is -2.31. The van der Waals surface area contributed by atoms with Crippen LogP contribution in [0.2, 0.25) is 0 Å². The molecule has 1 unspecified atom stereocenters. The molecule has 2 aliphatic heterocycles. The largest absolute Gasteiger partial charge is 0.507 e. The van der Waals surface area contributed by atoms with Crippen molar-refractivity contribution in [2.24, 2.45) is 0 Å². The first-order valence-electron chi connectivity index (χ1n) is 11.8. The fourth-order valence-electron chi connectivity index (χ4n) is 5.34. The normalized spacial score (nSPS) is 18.8. The van der Waals surface area contributed by atoms with Gasteiger partial charge in [-0.15, -0.1) is 0 Å². The van der Waals surface area contributed by atoms with E-state index in [4.69, 9.17) is 4.74 Å². The molecule has 0 radical (unpaired) electrons. The summed E-state index contributed by atoms with van der Waals surface area (Å²) in [4.78, 5) is 16.0. The summed E-state index contributed by atoms with van der Waals surface area (Å²) in [5.74, 6) is -0.0550. The Morgan fingerprint density at radius 2 is 1.46 bits per heavy atom. The summed E-state index contributed by atoms with van der Waals surface area (Å²) in [6, 6.07) is 29.7. The summed E-state index contributed by atoms with van der Waals surface area (Å²) in [6.07, 6.45) is 1.60. The van der Waals surface area contributed by atoms with Crippen LogP contribution >= 0.6 is 0 Å². The average molecular weight is 464 g/mol. The lowest BCUT2D eigenvalue weighted by Crippen LogP contribution is -2.43. The van der Waals surface area contributed by atoms with Crippen molar-refractivity contribution in [3.8, 4) is 11.5 Å². The Kier molecular flexibility index (Phi) is 5.08. The molecule has 0 saturated carbocycles. The number of rotatable bonds is 4. The predicted octanol–water partition coefficient (Wildman–Crippen LogP) is 5.09. The number of phenolic OH excluding ortho intramolecular Hbond substituents is 1. The highest BCUT2D eigenvalue weighted by molar-refractivity contribution is 6.10. The second-order valence-corrected chi connectivity index (χ2v) is 9.06. The van der Waals surface area contributed by atoms with Crippen LogP contribution in [0.5, 0.6) is 11.5 Å². The van der Waals surface area contributed by atoms with Crippen molar-refractivity contribution in [3.63, 3.8) is 0 Å². The van der Waals surface area contributed by atoms with Crippen molar-refractivity contribution in [3.05, 3.63) is 125 Å². The summed E-state index contributed by atoms with van der Waals surface area (Å²) in [5, 5.41) is 23.2. The predicted molar refractivity (Wildman–Crippen MR) is 134 cm³/mol. The molecule has 6 rings (SSSR count). The molecule has 2 N–H and O–H groups in total. The third-order valence-electron chi connectivity index (χ3n) is 6.99. The van der Waals surface area contributed by atoms with Crippen LogP contribution in [0.25, 0.3) is 0 Å². The molecule has 0 bridgehead atoms. The molecule has 35 heavy (non-hydrogen) atoms. The quantitative estimate of drug-likeness (QED) is 0.442. The molecule has 0 aliphatic carbocycles. The van der Waals surface area contributed by atoms with E-state index in [1.165, 1.54) is 6.07 Å². The van der Waals surface area contributed by atoms with Gasteiger partial charge in [-0.1, -0.05) is 78.9 Å². The number of aromatic hydroxyl groups is 1. The van der Waals surface area contributed by atoms with Gasteiger partial charge in [0.15, 0.2) is 5.60 Å². The zero-order chi connectivity index (χ0) is 24.0. The van der Waals surface area contributed by atoms with Crippen molar-refractivity contribution in [2.45, 2.75) is 24.5 Å². The summed E-state index contributed by atoms with van der Waals surface area (Å²) in [7, 11) is 0. The fourth-order valence-corrected chi connectivity index (χ4v) is 5.34. The molecular weight excluding hydrogens is 438 g/mol. The topological polar surface area (TPSA) is 70.0 Å². The van der Waals surface area contributed by atoms with Crippen molar-refractivity contribution >= 4 is 11.6 Å². The highest BCUT2D eigenvalue weighted by Gasteiger charge is 2.54. The molecule has 0 saturated heterocycles. The van der Waals surface area contributed by atoms with Crippen molar-refractivity contribution in [1.82, 2.24) is 0 Å². The summed E-state index contributed by atoms with van der Waals surface area (Å²) in [5.41, 5.74) is 1.95. The zero-order valence-electron chi connectivity index (χ0n) is 19.1. The van der Waals surface area contributed by atoms with Crippen LogP contribution in [0.15, 0.2) is 97.1 Å². The first kappa shape index (κ1) is 21.4. The van der Waals surface area contributed by atoms with Gasteiger partial charge in [0, 0.05) is 17.2 Å². The van der Waals surface area contributed by atoms with E-state index in [0.717, 1.165) is 29.5 Å². The van der Waals surface area contributed by atoms with E-state index in [-0.39, 0.29) is 11.3 Å². The van der Waals surface area contributed by atoms with E-state index in [1.54, 1.807) is 23.1 Å². The number of para-hydroxylation sites is 1. The molecule has 4 aromatic carbocycles. The monoisotopic (exact) mass is 463 g/mol. The third-order valence-corrected chi connectivity index (χ3v) is 6.99. The molecule has 1 atom stereocenters. The van der Waals surface area contributed by atoms with Crippen molar-refractivity contribution in [2.75, 3.05) is 11.5 Å². The first-order valence-corrected chi connectivity index (χ1v) is 11.8.